The highest BCUT2D eigenvalue weighted by Crippen LogP contribution is 2.38. The quantitative estimate of drug-likeness (QED) is 0.557. The number of hydrogen-bond acceptors (Lipinski definition) is 5. The van der Waals surface area contributed by atoms with Gasteiger partial charge in [0.15, 0.2) is 0 Å². The largest absolute Gasteiger partial charge is 0.497 e. The van der Waals surface area contributed by atoms with Gasteiger partial charge in [-0.25, -0.2) is 4.79 Å². The van der Waals surface area contributed by atoms with Gasteiger partial charge in [0, 0.05) is 11.0 Å². The molecule has 2 aromatic rings. The summed E-state index contributed by atoms with van der Waals surface area (Å²) in [6.07, 6.45) is 6.95. The molecule has 1 aliphatic carbocycles. The summed E-state index contributed by atoms with van der Waals surface area (Å²) in [6.45, 7) is 3.65. The topological polar surface area (TPSA) is 64.6 Å². The highest BCUT2D eigenvalue weighted by Gasteiger charge is 2.27. The number of thiophene rings is 1. The maximum absolute atomic E-state index is 12.6. The monoisotopic (exact) mass is 399 g/mol. The number of aryl methyl sites for hydroxylation is 1. The van der Waals surface area contributed by atoms with Crippen molar-refractivity contribution in [2.24, 2.45) is 0 Å². The molecular weight excluding hydrogens is 374 g/mol. The molecule has 1 N–H and O–H groups in total. The van der Waals surface area contributed by atoms with E-state index in [9.17, 15) is 9.59 Å². The van der Waals surface area contributed by atoms with Crippen molar-refractivity contribution in [3.8, 4) is 5.75 Å². The number of rotatable bonds is 6. The maximum Gasteiger partial charge on any atom is 0.341 e. The van der Waals surface area contributed by atoms with Gasteiger partial charge in [0.25, 0.3) is 0 Å². The predicted octanol–water partition coefficient (Wildman–Crippen LogP) is 4.85. The molecule has 148 valence electrons. The molecule has 0 aliphatic heterocycles. The second kappa shape index (κ2) is 9.06. The molecule has 3 rings (SSSR count). The average Bonchev–Trinajstić information content (AvgIpc) is 3.04. The first-order valence-corrected chi connectivity index (χ1v) is 10.3. The van der Waals surface area contributed by atoms with E-state index in [1.807, 2.05) is 38.1 Å². The van der Waals surface area contributed by atoms with Gasteiger partial charge >= 0.3 is 5.97 Å². The van der Waals surface area contributed by atoms with Crippen molar-refractivity contribution in [1.29, 1.82) is 0 Å². The zero-order valence-corrected chi connectivity index (χ0v) is 17.2. The summed E-state index contributed by atoms with van der Waals surface area (Å²) >= 11 is 1.49. The van der Waals surface area contributed by atoms with E-state index in [2.05, 4.69) is 5.32 Å². The summed E-state index contributed by atoms with van der Waals surface area (Å²) in [6, 6.07) is 7.42. The minimum Gasteiger partial charge on any atom is -0.497 e. The van der Waals surface area contributed by atoms with Crippen molar-refractivity contribution in [3.63, 3.8) is 0 Å². The molecule has 1 heterocycles. The molecule has 0 bridgehead atoms. The third-order valence-corrected chi connectivity index (χ3v) is 5.71. The van der Waals surface area contributed by atoms with E-state index in [0.29, 0.717) is 10.6 Å². The minimum atomic E-state index is -0.358. The normalized spacial score (nSPS) is 13.4. The van der Waals surface area contributed by atoms with Crippen LogP contribution >= 0.6 is 11.3 Å². The van der Waals surface area contributed by atoms with Crippen LogP contribution in [0.3, 0.4) is 0 Å². The SMILES string of the molecule is COc1ccc(/C=C\C(=O)Nc2sc3c(c2C(=O)OC(C)C)CCCC3)cc1. The number of carbonyl (C=O) groups is 2. The Labute approximate surface area is 169 Å². The Morgan fingerprint density at radius 3 is 2.54 bits per heavy atom. The van der Waals surface area contributed by atoms with Crippen molar-refractivity contribution in [1.82, 2.24) is 0 Å². The van der Waals surface area contributed by atoms with Gasteiger partial charge in [-0.15, -0.1) is 11.3 Å². The molecule has 0 saturated heterocycles. The third kappa shape index (κ3) is 4.81. The molecule has 1 aromatic heterocycles. The van der Waals surface area contributed by atoms with Gasteiger partial charge in [-0.1, -0.05) is 12.1 Å². The lowest BCUT2D eigenvalue weighted by molar-refractivity contribution is -0.111. The van der Waals surface area contributed by atoms with Gasteiger partial charge in [-0.2, -0.15) is 0 Å². The molecule has 1 amide bonds. The summed E-state index contributed by atoms with van der Waals surface area (Å²) in [7, 11) is 1.61. The molecule has 28 heavy (non-hydrogen) atoms. The first-order valence-electron chi connectivity index (χ1n) is 9.46. The first-order chi connectivity index (χ1) is 13.5. The maximum atomic E-state index is 12.6. The Balaban J connectivity index is 1.78. The van der Waals surface area contributed by atoms with E-state index in [-0.39, 0.29) is 18.0 Å². The number of fused-ring (bicyclic) bond motifs is 1. The summed E-state index contributed by atoms with van der Waals surface area (Å²) in [5.41, 5.74) is 2.46. The standard InChI is InChI=1S/C22H25NO4S/c1-14(2)27-22(25)20-17-6-4-5-7-18(17)28-21(20)23-19(24)13-10-15-8-11-16(26-3)12-9-15/h8-14H,4-7H2,1-3H3,(H,23,24)/b13-10-. The number of nitrogens with one attached hydrogen (secondary N) is 1. The van der Waals surface area contributed by atoms with Crippen LogP contribution in [0.25, 0.3) is 6.08 Å². The third-order valence-electron chi connectivity index (χ3n) is 4.50. The molecule has 0 saturated carbocycles. The van der Waals surface area contributed by atoms with Gasteiger partial charge in [0.2, 0.25) is 5.91 Å². The zero-order valence-electron chi connectivity index (χ0n) is 16.4. The van der Waals surface area contributed by atoms with E-state index in [1.54, 1.807) is 13.2 Å². The van der Waals surface area contributed by atoms with Gasteiger partial charge in [0.05, 0.1) is 18.8 Å². The molecule has 0 fully saturated rings. The van der Waals surface area contributed by atoms with Crippen LogP contribution in [0.4, 0.5) is 5.00 Å². The highest BCUT2D eigenvalue weighted by molar-refractivity contribution is 7.17. The lowest BCUT2D eigenvalue weighted by Gasteiger charge is -2.14. The highest BCUT2D eigenvalue weighted by atomic mass is 32.1. The van der Waals surface area contributed by atoms with Gasteiger partial charge in [-0.3, -0.25) is 4.79 Å². The Kier molecular flexibility index (Phi) is 6.52. The predicted molar refractivity (Wildman–Crippen MR) is 112 cm³/mol. The summed E-state index contributed by atoms with van der Waals surface area (Å²) < 4.78 is 10.6. The van der Waals surface area contributed by atoms with E-state index >= 15 is 0 Å². The molecule has 0 radical (unpaired) electrons. The van der Waals surface area contributed by atoms with Crippen LogP contribution in [-0.2, 0) is 22.4 Å². The van der Waals surface area contributed by atoms with Crippen LogP contribution in [0, 0.1) is 0 Å². The lowest BCUT2D eigenvalue weighted by atomic mass is 9.95. The number of esters is 1. The number of benzene rings is 1. The average molecular weight is 400 g/mol. The summed E-state index contributed by atoms with van der Waals surface area (Å²) in [5.74, 6) is 0.135. The molecule has 5 nitrogen and oxygen atoms in total. The fraction of sp³-hybridized carbons (Fsp3) is 0.364. The Morgan fingerprint density at radius 2 is 1.86 bits per heavy atom. The second-order valence-electron chi connectivity index (χ2n) is 6.96. The first kappa shape index (κ1) is 20.1. The van der Waals surface area contributed by atoms with Crippen LogP contribution in [0.1, 0.15) is 53.1 Å². The van der Waals surface area contributed by atoms with Crippen LogP contribution in [0.5, 0.6) is 5.75 Å². The Morgan fingerprint density at radius 1 is 1.14 bits per heavy atom. The molecule has 1 aromatic carbocycles. The van der Waals surface area contributed by atoms with Crippen LogP contribution in [0.15, 0.2) is 30.3 Å². The smallest absolute Gasteiger partial charge is 0.341 e. The number of carbonyl (C=O) groups excluding carboxylic acids is 2. The fourth-order valence-corrected chi connectivity index (χ4v) is 4.46. The Bertz CT molecular complexity index is 881. The molecule has 1 aliphatic rings. The summed E-state index contributed by atoms with van der Waals surface area (Å²) in [4.78, 5) is 26.3. The van der Waals surface area contributed by atoms with Crippen molar-refractivity contribution >= 4 is 34.3 Å². The Hall–Kier alpha value is -2.60. The molecule has 0 spiro atoms. The molecule has 6 heteroatoms. The number of ether oxygens (including phenoxy) is 2. The van der Waals surface area contributed by atoms with E-state index in [0.717, 1.165) is 42.6 Å². The van der Waals surface area contributed by atoms with E-state index < -0.39 is 0 Å². The number of hydrogen-bond donors (Lipinski definition) is 1. The van der Waals surface area contributed by atoms with E-state index in [1.165, 1.54) is 22.3 Å². The van der Waals surface area contributed by atoms with Gasteiger partial charge < -0.3 is 14.8 Å². The minimum absolute atomic E-state index is 0.204. The van der Waals surface area contributed by atoms with Gasteiger partial charge in [0.1, 0.15) is 10.8 Å². The van der Waals surface area contributed by atoms with Crippen molar-refractivity contribution in [2.45, 2.75) is 45.6 Å². The molecular formula is C22H25NO4S. The zero-order chi connectivity index (χ0) is 20.1. The van der Waals surface area contributed by atoms with Crippen LogP contribution in [-0.4, -0.2) is 25.1 Å². The van der Waals surface area contributed by atoms with Crippen LogP contribution in [0.2, 0.25) is 0 Å². The van der Waals surface area contributed by atoms with Crippen LogP contribution < -0.4 is 10.1 Å². The van der Waals surface area contributed by atoms with Crippen molar-refractivity contribution in [2.75, 3.05) is 12.4 Å². The number of amides is 1. The molecule has 0 unspecified atom stereocenters. The van der Waals surface area contributed by atoms with Crippen molar-refractivity contribution < 1.29 is 19.1 Å². The number of anilines is 1. The summed E-state index contributed by atoms with van der Waals surface area (Å²) in [5, 5.41) is 3.47. The lowest BCUT2D eigenvalue weighted by Crippen LogP contribution is -2.17. The molecule has 0 atom stereocenters. The second-order valence-corrected chi connectivity index (χ2v) is 8.07. The van der Waals surface area contributed by atoms with E-state index in [4.69, 9.17) is 9.47 Å². The number of methoxy groups -OCH3 is 1. The van der Waals surface area contributed by atoms with Gasteiger partial charge in [-0.05, 0) is 68.9 Å². The van der Waals surface area contributed by atoms with Crippen molar-refractivity contribution in [3.05, 3.63) is 51.9 Å². The fourth-order valence-electron chi connectivity index (χ4n) is 3.18.